The highest BCUT2D eigenvalue weighted by Gasteiger charge is 2.25. The van der Waals surface area contributed by atoms with Gasteiger partial charge in [-0.25, -0.2) is 0 Å². The molecule has 0 aliphatic rings. The average molecular weight is 278 g/mol. The lowest BCUT2D eigenvalue weighted by Gasteiger charge is -2.15. The number of aliphatic hydroxyl groups is 1. The summed E-state index contributed by atoms with van der Waals surface area (Å²) in [4.78, 5) is 33.8. The molecule has 6 nitrogen and oxygen atoms in total. The zero-order chi connectivity index (χ0) is 15.1. The first-order chi connectivity index (χ1) is 9.40. The molecule has 6 heteroatoms. The number of hydrogen-bond donors (Lipinski definition) is 3. The van der Waals surface area contributed by atoms with Gasteiger partial charge in [-0.15, -0.1) is 0 Å². The van der Waals surface area contributed by atoms with Gasteiger partial charge >= 0.3 is 0 Å². The van der Waals surface area contributed by atoms with Gasteiger partial charge in [0.15, 0.2) is 5.78 Å². The van der Waals surface area contributed by atoms with E-state index in [1.807, 2.05) is 35.6 Å². The van der Waals surface area contributed by atoms with Crippen molar-refractivity contribution in [1.29, 1.82) is 0 Å². The van der Waals surface area contributed by atoms with Gasteiger partial charge in [0.2, 0.25) is 11.8 Å². The second-order valence-electron chi connectivity index (χ2n) is 4.52. The van der Waals surface area contributed by atoms with Gasteiger partial charge in [-0.1, -0.05) is 30.3 Å². The molecule has 108 valence electrons. The summed E-state index contributed by atoms with van der Waals surface area (Å²) in [6.45, 7) is 1.17. The zero-order valence-corrected chi connectivity index (χ0v) is 11.2. The number of hydrogen-bond acceptors (Lipinski definition) is 5. The molecule has 0 saturated heterocycles. The fraction of sp³-hybridized carbons (Fsp3) is 0.357. The molecule has 0 aliphatic heterocycles. The van der Waals surface area contributed by atoms with Crippen LogP contribution in [0, 0.1) is 0 Å². The van der Waals surface area contributed by atoms with Crippen LogP contribution in [0.3, 0.4) is 0 Å². The van der Waals surface area contributed by atoms with Crippen LogP contribution < -0.4 is 11.1 Å². The lowest BCUT2D eigenvalue weighted by molar-refractivity contribution is -0.136. The SMILES string of the molecule is CC(=O)NC(=O)CC(O)C(=O)[C@@H](N)Cc1ccccc1. The van der Waals surface area contributed by atoms with E-state index in [9.17, 15) is 19.5 Å². The van der Waals surface area contributed by atoms with Gasteiger partial charge in [0, 0.05) is 6.92 Å². The normalized spacial score (nSPS) is 13.3. The van der Waals surface area contributed by atoms with Crippen molar-refractivity contribution in [2.45, 2.75) is 31.9 Å². The summed E-state index contributed by atoms with van der Waals surface area (Å²) in [5.41, 5.74) is 6.59. The van der Waals surface area contributed by atoms with E-state index in [1.165, 1.54) is 6.92 Å². The summed E-state index contributed by atoms with van der Waals surface area (Å²) >= 11 is 0. The maximum absolute atomic E-state index is 11.8. The van der Waals surface area contributed by atoms with Gasteiger partial charge < -0.3 is 10.8 Å². The van der Waals surface area contributed by atoms with Crippen molar-refractivity contribution >= 4 is 17.6 Å². The first-order valence-electron chi connectivity index (χ1n) is 6.22. The van der Waals surface area contributed by atoms with E-state index in [-0.39, 0.29) is 6.42 Å². The Morgan fingerprint density at radius 3 is 2.40 bits per heavy atom. The minimum absolute atomic E-state index is 0.283. The molecule has 0 radical (unpaired) electrons. The fourth-order valence-corrected chi connectivity index (χ4v) is 1.74. The van der Waals surface area contributed by atoms with E-state index in [2.05, 4.69) is 0 Å². The number of rotatable bonds is 6. The minimum Gasteiger partial charge on any atom is -0.385 e. The number of carbonyl (C=O) groups excluding carboxylic acids is 3. The molecule has 2 amide bonds. The van der Waals surface area contributed by atoms with E-state index in [1.54, 1.807) is 0 Å². The molecule has 0 aliphatic carbocycles. The van der Waals surface area contributed by atoms with E-state index < -0.39 is 36.2 Å². The highest BCUT2D eigenvalue weighted by molar-refractivity contribution is 5.97. The number of nitrogens with one attached hydrogen (secondary N) is 1. The highest BCUT2D eigenvalue weighted by Crippen LogP contribution is 2.05. The summed E-state index contributed by atoms with van der Waals surface area (Å²) in [6, 6.07) is 8.24. The molecule has 20 heavy (non-hydrogen) atoms. The van der Waals surface area contributed by atoms with Crippen molar-refractivity contribution in [3.05, 3.63) is 35.9 Å². The van der Waals surface area contributed by atoms with E-state index >= 15 is 0 Å². The molecule has 1 unspecified atom stereocenters. The number of ketones is 1. The van der Waals surface area contributed by atoms with Crippen molar-refractivity contribution in [2.24, 2.45) is 5.73 Å². The fourth-order valence-electron chi connectivity index (χ4n) is 1.74. The quantitative estimate of drug-likeness (QED) is 0.652. The third kappa shape index (κ3) is 5.29. The largest absolute Gasteiger partial charge is 0.385 e. The molecule has 4 N–H and O–H groups in total. The molecule has 0 heterocycles. The molecule has 0 fully saturated rings. The van der Waals surface area contributed by atoms with Gasteiger partial charge in [-0.2, -0.15) is 0 Å². The Labute approximate surface area is 117 Å². The van der Waals surface area contributed by atoms with Crippen LogP contribution in [0.1, 0.15) is 18.9 Å². The minimum atomic E-state index is -1.51. The molecular formula is C14H18N2O4. The predicted molar refractivity (Wildman–Crippen MR) is 72.6 cm³/mol. The number of nitrogens with two attached hydrogens (primary N) is 1. The lowest BCUT2D eigenvalue weighted by Crippen LogP contribution is -2.42. The number of aliphatic hydroxyl groups excluding tert-OH is 1. The third-order valence-corrected chi connectivity index (χ3v) is 2.69. The summed E-state index contributed by atoms with van der Waals surface area (Å²) < 4.78 is 0. The van der Waals surface area contributed by atoms with Gasteiger partial charge in [0.05, 0.1) is 12.5 Å². The average Bonchev–Trinajstić information content (AvgIpc) is 2.37. The van der Waals surface area contributed by atoms with Crippen LogP contribution in [0.25, 0.3) is 0 Å². The monoisotopic (exact) mass is 278 g/mol. The Morgan fingerprint density at radius 1 is 1.25 bits per heavy atom. The van der Waals surface area contributed by atoms with Crippen LogP contribution >= 0.6 is 0 Å². The summed E-state index contributed by atoms with van der Waals surface area (Å²) in [6.07, 6.45) is -1.69. The molecule has 1 aromatic carbocycles. The molecule has 0 spiro atoms. The first kappa shape index (κ1) is 16.0. The number of carbonyl (C=O) groups is 3. The molecule has 1 rings (SSSR count). The maximum atomic E-state index is 11.8. The maximum Gasteiger partial charge on any atom is 0.229 e. The Morgan fingerprint density at radius 2 is 1.85 bits per heavy atom. The van der Waals surface area contributed by atoms with Crippen LogP contribution in [0.2, 0.25) is 0 Å². The van der Waals surface area contributed by atoms with Crippen LogP contribution in [0.4, 0.5) is 0 Å². The van der Waals surface area contributed by atoms with Crippen molar-refractivity contribution < 1.29 is 19.5 Å². The number of benzene rings is 1. The van der Waals surface area contributed by atoms with Crippen molar-refractivity contribution in [2.75, 3.05) is 0 Å². The second kappa shape index (κ2) is 7.52. The van der Waals surface area contributed by atoms with Crippen molar-refractivity contribution in [3.8, 4) is 0 Å². The van der Waals surface area contributed by atoms with Crippen molar-refractivity contribution in [1.82, 2.24) is 5.32 Å². The van der Waals surface area contributed by atoms with Gasteiger partial charge in [0.1, 0.15) is 6.10 Å². The summed E-state index contributed by atoms with van der Waals surface area (Å²) in [5, 5.41) is 11.6. The molecule has 2 atom stereocenters. The number of imide groups is 1. The standard InChI is InChI=1S/C14H18N2O4/c1-9(17)16-13(19)8-12(18)14(20)11(15)7-10-5-3-2-4-6-10/h2-6,11-12,18H,7-8,15H2,1H3,(H,16,17,19)/t11-,12?/m0/s1. The second-order valence-corrected chi connectivity index (χ2v) is 4.52. The molecule has 0 aromatic heterocycles. The van der Waals surface area contributed by atoms with Crippen molar-refractivity contribution in [3.63, 3.8) is 0 Å². The Kier molecular flexibility index (Phi) is 6.02. The van der Waals surface area contributed by atoms with E-state index in [4.69, 9.17) is 5.73 Å². The third-order valence-electron chi connectivity index (χ3n) is 2.69. The summed E-state index contributed by atoms with van der Waals surface area (Å²) in [7, 11) is 0. The van der Waals surface area contributed by atoms with Gasteiger partial charge in [-0.3, -0.25) is 19.7 Å². The van der Waals surface area contributed by atoms with Crippen LogP contribution in [-0.2, 0) is 20.8 Å². The predicted octanol–water partition coefficient (Wildman–Crippen LogP) is -0.461. The molecule has 0 bridgehead atoms. The Bertz CT molecular complexity index is 487. The number of Topliss-reactive ketones (excluding diaryl/α,β-unsaturated/α-hetero) is 1. The highest BCUT2D eigenvalue weighted by atomic mass is 16.3. The van der Waals surface area contributed by atoms with Gasteiger partial charge in [-0.05, 0) is 12.0 Å². The molecule has 0 saturated carbocycles. The smallest absolute Gasteiger partial charge is 0.229 e. The Hall–Kier alpha value is -2.05. The first-order valence-corrected chi connectivity index (χ1v) is 6.22. The summed E-state index contributed by atoms with van der Waals surface area (Å²) in [5.74, 6) is -1.86. The number of amides is 2. The van der Waals surface area contributed by atoms with Crippen LogP contribution in [0.5, 0.6) is 0 Å². The Balaban J connectivity index is 2.51. The van der Waals surface area contributed by atoms with E-state index in [0.29, 0.717) is 0 Å². The zero-order valence-electron chi connectivity index (χ0n) is 11.2. The molecular weight excluding hydrogens is 260 g/mol. The molecule has 1 aromatic rings. The lowest BCUT2D eigenvalue weighted by atomic mass is 9.98. The topological polar surface area (TPSA) is 109 Å². The van der Waals surface area contributed by atoms with Gasteiger partial charge in [0.25, 0.3) is 0 Å². The van der Waals surface area contributed by atoms with Crippen LogP contribution in [-0.4, -0.2) is 34.8 Å². The van der Waals surface area contributed by atoms with Crippen LogP contribution in [0.15, 0.2) is 30.3 Å². The van der Waals surface area contributed by atoms with E-state index in [0.717, 1.165) is 5.56 Å².